The molecule has 1 aliphatic rings. The van der Waals surface area contributed by atoms with Crippen LogP contribution in [0.2, 0.25) is 0 Å². The Morgan fingerprint density at radius 1 is 1.10 bits per heavy atom. The van der Waals surface area contributed by atoms with Gasteiger partial charge in [-0.3, -0.25) is 19.2 Å². The summed E-state index contributed by atoms with van der Waals surface area (Å²) in [7, 11) is 0. The second-order valence-corrected chi connectivity index (χ2v) is 7.12. The molecule has 1 fully saturated rings. The lowest BCUT2D eigenvalue weighted by Gasteiger charge is -2.42. The first-order valence-corrected chi connectivity index (χ1v) is 9.73. The number of amides is 2. The maximum atomic E-state index is 13.2. The first-order chi connectivity index (χ1) is 14.9. The maximum absolute atomic E-state index is 13.2. The Morgan fingerprint density at radius 2 is 1.71 bits per heavy atom. The summed E-state index contributed by atoms with van der Waals surface area (Å²) in [5.74, 6) is 1.92. The third kappa shape index (κ3) is 5.43. The molecule has 8 nitrogen and oxygen atoms in total. The molecule has 160 valence electrons. The number of nitrogens with zero attached hydrogens (tertiary/aromatic N) is 1. The number of esters is 1. The molecule has 0 aliphatic carbocycles. The van der Waals surface area contributed by atoms with Crippen LogP contribution in [-0.2, 0) is 30.3 Å². The van der Waals surface area contributed by atoms with Crippen molar-refractivity contribution in [1.82, 2.24) is 10.3 Å². The lowest BCUT2D eigenvalue weighted by atomic mass is 9.86. The van der Waals surface area contributed by atoms with Crippen LogP contribution in [0.25, 0.3) is 6.08 Å². The average Bonchev–Trinajstić information content (AvgIpc) is 2.77. The van der Waals surface area contributed by atoms with E-state index in [1.165, 1.54) is 6.08 Å². The van der Waals surface area contributed by atoms with Crippen molar-refractivity contribution in [2.75, 3.05) is 0 Å². The Balaban J connectivity index is 1.78. The zero-order valence-electron chi connectivity index (χ0n) is 16.9. The third-order valence-corrected chi connectivity index (χ3v) is 4.84. The van der Waals surface area contributed by atoms with Gasteiger partial charge in [-0.1, -0.05) is 60.7 Å². The molecular formula is C23H23N3O5. The van der Waals surface area contributed by atoms with Crippen molar-refractivity contribution in [3.63, 3.8) is 0 Å². The SMILES string of the molecule is CC(=O)O[C@H]1[C@@H](C(=O)[C@H](Cc2ccccc2)NC(=O)/C=C/c2ccccc2)C(=O)N1N. The summed E-state index contributed by atoms with van der Waals surface area (Å²) in [4.78, 5) is 49.2. The van der Waals surface area contributed by atoms with Gasteiger partial charge in [-0.2, -0.15) is 0 Å². The van der Waals surface area contributed by atoms with Crippen LogP contribution in [0.5, 0.6) is 0 Å². The number of carbonyl (C=O) groups is 4. The molecule has 0 unspecified atom stereocenters. The quantitative estimate of drug-likeness (QED) is 0.165. The number of nitrogens with two attached hydrogens (primary N) is 1. The first kappa shape index (κ1) is 21.9. The predicted octanol–water partition coefficient (Wildman–Crippen LogP) is 1.22. The van der Waals surface area contributed by atoms with Crippen molar-refractivity contribution in [3.05, 3.63) is 77.9 Å². The predicted molar refractivity (Wildman–Crippen MR) is 113 cm³/mol. The van der Waals surface area contributed by atoms with Crippen LogP contribution in [0.15, 0.2) is 66.7 Å². The van der Waals surface area contributed by atoms with Gasteiger partial charge in [-0.25, -0.2) is 10.9 Å². The monoisotopic (exact) mass is 421 g/mol. The van der Waals surface area contributed by atoms with Gasteiger partial charge in [0.25, 0.3) is 5.91 Å². The zero-order valence-corrected chi connectivity index (χ0v) is 16.9. The molecule has 2 aromatic carbocycles. The van der Waals surface area contributed by atoms with Crippen LogP contribution < -0.4 is 11.2 Å². The van der Waals surface area contributed by atoms with E-state index in [2.05, 4.69) is 5.32 Å². The number of hydrazine groups is 1. The third-order valence-electron chi connectivity index (χ3n) is 4.84. The molecule has 0 saturated carbocycles. The first-order valence-electron chi connectivity index (χ1n) is 9.73. The summed E-state index contributed by atoms with van der Waals surface area (Å²) in [6.45, 7) is 1.16. The molecular weight excluding hydrogens is 398 g/mol. The lowest BCUT2D eigenvalue weighted by Crippen LogP contribution is -2.69. The van der Waals surface area contributed by atoms with Crippen molar-refractivity contribution in [1.29, 1.82) is 0 Å². The summed E-state index contributed by atoms with van der Waals surface area (Å²) in [6, 6.07) is 17.3. The Hall–Kier alpha value is -3.78. The number of carbonyl (C=O) groups excluding carboxylic acids is 4. The van der Waals surface area contributed by atoms with Gasteiger partial charge in [0.1, 0.15) is 0 Å². The lowest BCUT2D eigenvalue weighted by molar-refractivity contribution is -0.199. The minimum atomic E-state index is -1.26. The van der Waals surface area contributed by atoms with Gasteiger partial charge < -0.3 is 10.1 Å². The van der Waals surface area contributed by atoms with Gasteiger partial charge in [-0.05, 0) is 23.6 Å². The molecule has 3 atom stereocenters. The van der Waals surface area contributed by atoms with Gasteiger partial charge >= 0.3 is 5.97 Å². The average molecular weight is 421 g/mol. The van der Waals surface area contributed by atoms with Crippen molar-refractivity contribution in [3.8, 4) is 0 Å². The summed E-state index contributed by atoms with van der Waals surface area (Å²) in [6.07, 6.45) is 1.93. The van der Waals surface area contributed by atoms with E-state index in [0.29, 0.717) is 5.01 Å². The Bertz CT molecular complexity index is 991. The fourth-order valence-corrected chi connectivity index (χ4v) is 3.29. The molecule has 3 N–H and O–H groups in total. The molecule has 0 spiro atoms. The minimum absolute atomic E-state index is 0.172. The van der Waals surface area contributed by atoms with E-state index in [9.17, 15) is 19.2 Å². The number of ketones is 1. The fraction of sp³-hybridized carbons (Fsp3) is 0.217. The highest BCUT2D eigenvalue weighted by Gasteiger charge is 2.54. The van der Waals surface area contributed by atoms with Crippen molar-refractivity contribution < 1.29 is 23.9 Å². The number of Topliss-reactive ketones (excluding diaryl/α,β-unsaturated/α-hetero) is 1. The van der Waals surface area contributed by atoms with Gasteiger partial charge in [0.05, 0.1) is 6.04 Å². The maximum Gasteiger partial charge on any atom is 0.304 e. The van der Waals surface area contributed by atoms with Crippen molar-refractivity contribution in [2.24, 2.45) is 11.8 Å². The van der Waals surface area contributed by atoms with E-state index in [1.54, 1.807) is 6.08 Å². The highest BCUT2D eigenvalue weighted by atomic mass is 16.6. The molecule has 1 saturated heterocycles. The zero-order chi connectivity index (χ0) is 22.4. The topological polar surface area (TPSA) is 119 Å². The van der Waals surface area contributed by atoms with Crippen LogP contribution in [0, 0.1) is 5.92 Å². The largest absolute Gasteiger partial charge is 0.439 e. The van der Waals surface area contributed by atoms with Gasteiger partial charge in [0, 0.05) is 13.0 Å². The molecule has 2 aromatic rings. The van der Waals surface area contributed by atoms with Crippen LogP contribution in [0.1, 0.15) is 18.1 Å². The molecule has 8 heteroatoms. The molecule has 0 aromatic heterocycles. The van der Waals surface area contributed by atoms with Crippen LogP contribution >= 0.6 is 0 Å². The molecule has 1 heterocycles. The van der Waals surface area contributed by atoms with E-state index >= 15 is 0 Å². The molecule has 0 bridgehead atoms. The number of ether oxygens (including phenoxy) is 1. The molecule has 1 aliphatic heterocycles. The molecule has 0 radical (unpaired) electrons. The Kier molecular flexibility index (Phi) is 6.94. The highest BCUT2D eigenvalue weighted by molar-refractivity contribution is 6.09. The summed E-state index contributed by atoms with van der Waals surface area (Å²) in [5.41, 5.74) is 1.63. The van der Waals surface area contributed by atoms with E-state index < -0.39 is 41.8 Å². The minimum Gasteiger partial charge on any atom is -0.439 e. The van der Waals surface area contributed by atoms with Crippen molar-refractivity contribution in [2.45, 2.75) is 25.6 Å². The number of hydrogen-bond donors (Lipinski definition) is 2. The summed E-state index contributed by atoms with van der Waals surface area (Å²) in [5, 5.41) is 3.38. The smallest absolute Gasteiger partial charge is 0.304 e. The van der Waals surface area contributed by atoms with Crippen LogP contribution in [0.4, 0.5) is 0 Å². The Labute approximate surface area is 179 Å². The second kappa shape index (κ2) is 9.82. The molecule has 2 amide bonds. The van der Waals surface area contributed by atoms with Gasteiger partial charge in [-0.15, -0.1) is 0 Å². The number of rotatable bonds is 8. The van der Waals surface area contributed by atoms with E-state index in [0.717, 1.165) is 18.1 Å². The number of hydrogen-bond acceptors (Lipinski definition) is 6. The molecule has 3 rings (SSSR count). The van der Waals surface area contributed by atoms with E-state index in [1.807, 2.05) is 60.7 Å². The van der Waals surface area contributed by atoms with Gasteiger partial charge in [0.15, 0.2) is 11.7 Å². The van der Waals surface area contributed by atoms with Crippen LogP contribution in [0.3, 0.4) is 0 Å². The number of nitrogens with one attached hydrogen (secondary N) is 1. The highest BCUT2D eigenvalue weighted by Crippen LogP contribution is 2.27. The second-order valence-electron chi connectivity index (χ2n) is 7.12. The fourth-order valence-electron chi connectivity index (χ4n) is 3.29. The Morgan fingerprint density at radius 3 is 2.32 bits per heavy atom. The summed E-state index contributed by atoms with van der Waals surface area (Å²) < 4.78 is 5.01. The van der Waals surface area contributed by atoms with E-state index in [-0.39, 0.29) is 6.42 Å². The van der Waals surface area contributed by atoms with Crippen LogP contribution in [-0.4, -0.2) is 40.8 Å². The number of β-lactam (4-membered cyclic amide) rings is 1. The molecule has 31 heavy (non-hydrogen) atoms. The standard InChI is InChI=1S/C23H23N3O5/c1-15(27)31-23-20(22(30)26(23)24)21(29)18(14-17-10-6-3-7-11-17)25-19(28)13-12-16-8-4-2-5-9-16/h2-13,18,20,23H,14,24H2,1H3,(H,25,28)/b13-12+/t18-,20-,23-/m0/s1. The number of benzene rings is 2. The van der Waals surface area contributed by atoms with Gasteiger partial charge in [0.2, 0.25) is 12.1 Å². The van der Waals surface area contributed by atoms with E-state index in [4.69, 9.17) is 10.6 Å². The summed E-state index contributed by atoms with van der Waals surface area (Å²) >= 11 is 0. The normalized spacial score (nSPS) is 18.9. The van der Waals surface area contributed by atoms with Crippen molar-refractivity contribution >= 4 is 29.6 Å².